The molecule has 3 unspecified atom stereocenters. The first kappa shape index (κ1) is 12.7. The minimum atomic E-state index is -0.411. The minimum Gasteiger partial charge on any atom is -0.444 e. The maximum Gasteiger partial charge on any atom is 0.410 e. The molecule has 0 spiro atoms. The molecule has 0 radical (unpaired) electrons. The van der Waals surface area contributed by atoms with E-state index < -0.39 is 5.60 Å². The van der Waals surface area contributed by atoms with E-state index in [-0.39, 0.29) is 6.09 Å². The average molecular weight is 240 g/mol. The fraction of sp³-hybridized carbons (Fsp3) is 0.923. The number of rotatable bonds is 1. The third-order valence-electron chi connectivity index (χ3n) is 3.90. The summed E-state index contributed by atoms with van der Waals surface area (Å²) in [6, 6.07) is 0.374. The van der Waals surface area contributed by atoms with Crippen LogP contribution in [0.2, 0.25) is 0 Å². The molecule has 1 heterocycles. The Morgan fingerprint density at radius 2 is 2.12 bits per heavy atom. The van der Waals surface area contributed by atoms with E-state index in [2.05, 4.69) is 0 Å². The number of hydrogen-bond acceptors (Lipinski definition) is 3. The molecular formula is C13H24N2O2. The number of amides is 1. The van der Waals surface area contributed by atoms with Gasteiger partial charge in [-0.05, 0) is 52.0 Å². The van der Waals surface area contributed by atoms with Crippen LogP contribution in [0.4, 0.5) is 4.79 Å². The number of likely N-dealkylation sites (tertiary alicyclic amines) is 1. The van der Waals surface area contributed by atoms with Gasteiger partial charge in [-0.3, -0.25) is 0 Å². The predicted molar refractivity (Wildman–Crippen MR) is 66.6 cm³/mol. The first-order valence-corrected chi connectivity index (χ1v) is 6.62. The highest BCUT2D eigenvalue weighted by Gasteiger charge is 2.46. The number of hydrogen-bond donors (Lipinski definition) is 1. The average Bonchev–Trinajstić information content (AvgIpc) is 2.73. The number of fused-ring (bicyclic) bond motifs is 1. The second kappa shape index (κ2) is 4.48. The molecule has 0 aromatic heterocycles. The standard InChI is InChI=1S/C13H24N2O2/c1-13(2,3)17-12(16)15-8-9(7-14)10-5-4-6-11(10)15/h9-11H,4-8,14H2,1-3H3. The second-order valence-corrected chi connectivity index (χ2v) is 6.29. The first-order valence-electron chi connectivity index (χ1n) is 6.62. The summed E-state index contributed by atoms with van der Waals surface area (Å²) in [5.41, 5.74) is 5.39. The summed E-state index contributed by atoms with van der Waals surface area (Å²) in [6.07, 6.45) is 3.38. The van der Waals surface area contributed by atoms with Gasteiger partial charge < -0.3 is 15.4 Å². The molecule has 1 saturated heterocycles. The van der Waals surface area contributed by atoms with Crippen molar-refractivity contribution in [3.63, 3.8) is 0 Å². The van der Waals surface area contributed by atoms with E-state index in [4.69, 9.17) is 10.5 Å². The molecule has 3 atom stereocenters. The van der Waals surface area contributed by atoms with E-state index >= 15 is 0 Å². The predicted octanol–water partition coefficient (Wildman–Crippen LogP) is 1.98. The Kier molecular flexibility index (Phi) is 3.34. The monoisotopic (exact) mass is 240 g/mol. The molecular weight excluding hydrogens is 216 g/mol. The second-order valence-electron chi connectivity index (χ2n) is 6.29. The lowest BCUT2D eigenvalue weighted by molar-refractivity contribution is 0.0215. The molecule has 1 amide bonds. The largest absolute Gasteiger partial charge is 0.444 e. The number of carbonyl (C=O) groups excluding carboxylic acids is 1. The molecule has 4 nitrogen and oxygen atoms in total. The van der Waals surface area contributed by atoms with Crippen molar-refractivity contribution in [2.24, 2.45) is 17.6 Å². The highest BCUT2D eigenvalue weighted by molar-refractivity contribution is 5.69. The van der Waals surface area contributed by atoms with Gasteiger partial charge in [-0.1, -0.05) is 6.42 Å². The van der Waals surface area contributed by atoms with Crippen LogP contribution >= 0.6 is 0 Å². The summed E-state index contributed by atoms with van der Waals surface area (Å²) in [5, 5.41) is 0. The van der Waals surface area contributed by atoms with E-state index in [0.717, 1.165) is 13.0 Å². The molecule has 98 valence electrons. The van der Waals surface area contributed by atoms with Crippen LogP contribution in [0.5, 0.6) is 0 Å². The van der Waals surface area contributed by atoms with Crippen molar-refractivity contribution in [3.8, 4) is 0 Å². The molecule has 1 saturated carbocycles. The Bertz CT molecular complexity index is 298. The van der Waals surface area contributed by atoms with Crippen LogP contribution in [0.1, 0.15) is 40.0 Å². The number of carbonyl (C=O) groups is 1. The lowest BCUT2D eigenvalue weighted by Crippen LogP contribution is -2.40. The Morgan fingerprint density at radius 3 is 2.71 bits per heavy atom. The smallest absolute Gasteiger partial charge is 0.410 e. The summed E-state index contributed by atoms with van der Waals surface area (Å²) >= 11 is 0. The van der Waals surface area contributed by atoms with Crippen LogP contribution in [-0.2, 0) is 4.74 Å². The van der Waals surface area contributed by atoms with Crippen LogP contribution in [0.3, 0.4) is 0 Å². The number of ether oxygens (including phenoxy) is 1. The zero-order chi connectivity index (χ0) is 12.6. The Labute approximate surface area is 103 Å². The lowest BCUT2D eigenvalue weighted by atomic mass is 9.93. The molecule has 1 aliphatic carbocycles. The topological polar surface area (TPSA) is 55.6 Å². The normalized spacial score (nSPS) is 32.7. The fourth-order valence-corrected chi connectivity index (χ4v) is 3.21. The van der Waals surface area contributed by atoms with Gasteiger partial charge in [0.15, 0.2) is 0 Å². The third-order valence-corrected chi connectivity index (χ3v) is 3.90. The molecule has 2 N–H and O–H groups in total. The van der Waals surface area contributed by atoms with Crippen LogP contribution in [0, 0.1) is 11.8 Å². The van der Waals surface area contributed by atoms with Gasteiger partial charge in [0.1, 0.15) is 5.60 Å². The summed E-state index contributed by atoms with van der Waals surface area (Å²) in [5.74, 6) is 1.07. The van der Waals surface area contributed by atoms with Crippen molar-refractivity contribution < 1.29 is 9.53 Å². The Balaban J connectivity index is 2.04. The van der Waals surface area contributed by atoms with Gasteiger partial charge >= 0.3 is 6.09 Å². The lowest BCUT2D eigenvalue weighted by Gasteiger charge is -2.28. The van der Waals surface area contributed by atoms with Crippen molar-refractivity contribution >= 4 is 6.09 Å². The van der Waals surface area contributed by atoms with E-state index in [0.29, 0.717) is 24.4 Å². The molecule has 2 fully saturated rings. The molecule has 0 bridgehead atoms. The van der Waals surface area contributed by atoms with Crippen LogP contribution < -0.4 is 5.73 Å². The summed E-state index contributed by atoms with van der Waals surface area (Å²) in [7, 11) is 0. The molecule has 0 aromatic rings. The third kappa shape index (κ3) is 2.57. The van der Waals surface area contributed by atoms with Gasteiger partial charge in [0.2, 0.25) is 0 Å². The van der Waals surface area contributed by atoms with Crippen molar-refractivity contribution in [2.45, 2.75) is 51.7 Å². The van der Waals surface area contributed by atoms with Crippen molar-refractivity contribution in [1.29, 1.82) is 0 Å². The highest BCUT2D eigenvalue weighted by atomic mass is 16.6. The maximum absolute atomic E-state index is 12.1. The Hall–Kier alpha value is -0.770. The molecule has 1 aliphatic heterocycles. The minimum absolute atomic E-state index is 0.162. The van der Waals surface area contributed by atoms with Gasteiger partial charge in [0, 0.05) is 12.6 Å². The van der Waals surface area contributed by atoms with Gasteiger partial charge in [-0.15, -0.1) is 0 Å². The van der Waals surface area contributed by atoms with Gasteiger partial charge in [-0.2, -0.15) is 0 Å². The zero-order valence-corrected chi connectivity index (χ0v) is 11.1. The summed E-state index contributed by atoms with van der Waals surface area (Å²) in [4.78, 5) is 14.0. The van der Waals surface area contributed by atoms with E-state index in [1.807, 2.05) is 25.7 Å². The summed E-state index contributed by atoms with van der Waals surface area (Å²) in [6.45, 7) is 7.19. The molecule has 0 aromatic carbocycles. The molecule has 17 heavy (non-hydrogen) atoms. The Morgan fingerprint density at radius 1 is 1.41 bits per heavy atom. The highest BCUT2D eigenvalue weighted by Crippen LogP contribution is 2.41. The van der Waals surface area contributed by atoms with Crippen LogP contribution in [0.25, 0.3) is 0 Å². The van der Waals surface area contributed by atoms with E-state index in [1.165, 1.54) is 12.8 Å². The van der Waals surface area contributed by atoms with Crippen molar-refractivity contribution in [3.05, 3.63) is 0 Å². The number of nitrogens with zero attached hydrogens (tertiary/aromatic N) is 1. The van der Waals surface area contributed by atoms with Crippen molar-refractivity contribution in [1.82, 2.24) is 4.90 Å². The molecule has 4 heteroatoms. The van der Waals surface area contributed by atoms with Crippen molar-refractivity contribution in [2.75, 3.05) is 13.1 Å². The van der Waals surface area contributed by atoms with E-state index in [9.17, 15) is 4.79 Å². The van der Waals surface area contributed by atoms with Gasteiger partial charge in [0.05, 0.1) is 0 Å². The summed E-state index contributed by atoms with van der Waals surface area (Å²) < 4.78 is 5.47. The SMILES string of the molecule is CC(C)(C)OC(=O)N1CC(CN)C2CCCC21. The molecule has 2 rings (SSSR count). The zero-order valence-electron chi connectivity index (χ0n) is 11.1. The van der Waals surface area contributed by atoms with Gasteiger partial charge in [0.25, 0.3) is 0 Å². The van der Waals surface area contributed by atoms with Crippen LogP contribution in [0.15, 0.2) is 0 Å². The quantitative estimate of drug-likeness (QED) is 0.762. The number of nitrogens with two attached hydrogens (primary N) is 1. The van der Waals surface area contributed by atoms with E-state index in [1.54, 1.807) is 0 Å². The van der Waals surface area contributed by atoms with Crippen LogP contribution in [-0.4, -0.2) is 35.7 Å². The molecule has 2 aliphatic rings. The first-order chi connectivity index (χ1) is 7.92. The fourth-order valence-electron chi connectivity index (χ4n) is 3.21. The van der Waals surface area contributed by atoms with Gasteiger partial charge in [-0.25, -0.2) is 4.79 Å². The maximum atomic E-state index is 12.1.